The van der Waals surface area contributed by atoms with E-state index in [1.54, 1.807) is 37.1 Å². The Labute approximate surface area is 414 Å². The van der Waals surface area contributed by atoms with E-state index in [9.17, 15) is 18.8 Å². The number of rotatable bonds is 9. The van der Waals surface area contributed by atoms with Gasteiger partial charge in [0.05, 0.1) is 41.6 Å². The monoisotopic (exact) mass is 972 g/mol. The maximum absolute atomic E-state index is 14.8. The van der Waals surface area contributed by atoms with Crippen LogP contribution >= 0.6 is 11.6 Å². The number of ether oxygens (including phenoxy) is 1. The second-order valence-electron chi connectivity index (χ2n) is 20.9. The van der Waals surface area contributed by atoms with Crippen molar-refractivity contribution in [2.24, 2.45) is 12.5 Å². The summed E-state index contributed by atoms with van der Waals surface area (Å²) >= 11 is 6.41. The van der Waals surface area contributed by atoms with Crippen LogP contribution < -0.4 is 19.6 Å². The quantitative estimate of drug-likeness (QED) is 0.140. The number of aromatic nitrogens is 6. The van der Waals surface area contributed by atoms with E-state index in [1.807, 2.05) is 29.2 Å². The number of piperidine rings is 2. The van der Waals surface area contributed by atoms with E-state index in [-0.39, 0.29) is 35.1 Å². The van der Waals surface area contributed by atoms with E-state index in [0.29, 0.717) is 53.8 Å². The van der Waals surface area contributed by atoms with Gasteiger partial charge in [-0.1, -0.05) is 11.6 Å². The van der Waals surface area contributed by atoms with Crippen LogP contribution in [-0.2, 0) is 36.0 Å². The van der Waals surface area contributed by atoms with Gasteiger partial charge in [-0.25, -0.2) is 8.78 Å². The number of carbonyl (C=O) groups is 1. The number of nitrogens with zero attached hydrogens (tertiary/aromatic N) is 12. The third kappa shape index (κ3) is 8.97. The van der Waals surface area contributed by atoms with Crippen LogP contribution in [0, 0.1) is 16.7 Å². The maximum Gasteiger partial charge on any atom is 0.264 e. The van der Waals surface area contributed by atoms with Gasteiger partial charge in [-0.15, -0.1) is 10.2 Å². The molecule has 1 amide bonds. The zero-order valence-electron chi connectivity index (χ0n) is 40.5. The zero-order chi connectivity index (χ0) is 48.3. The molecule has 5 aliphatic heterocycles. The summed E-state index contributed by atoms with van der Waals surface area (Å²) in [5.41, 5.74) is 7.06. The number of alkyl halides is 2. The van der Waals surface area contributed by atoms with Crippen molar-refractivity contribution in [3.05, 3.63) is 87.8 Å². The molecule has 6 aliphatic rings. The molecule has 368 valence electrons. The van der Waals surface area contributed by atoms with Gasteiger partial charge < -0.3 is 29.2 Å². The highest BCUT2D eigenvalue weighted by Crippen LogP contribution is 2.47. The van der Waals surface area contributed by atoms with E-state index in [2.05, 4.69) is 54.5 Å². The summed E-state index contributed by atoms with van der Waals surface area (Å²) in [4.78, 5) is 23.9. The van der Waals surface area contributed by atoms with Crippen LogP contribution in [0.3, 0.4) is 0 Å². The first-order valence-corrected chi connectivity index (χ1v) is 25.8. The van der Waals surface area contributed by atoms with Crippen LogP contribution in [0.2, 0.25) is 5.02 Å². The average molecular weight is 974 g/mol. The zero-order valence-corrected chi connectivity index (χ0v) is 41.3. The molecular formula is C53H63ClF2N12O2. The number of benzene rings is 2. The number of fused-ring (bicyclic) bond motifs is 2. The van der Waals surface area contributed by atoms with Gasteiger partial charge in [0.1, 0.15) is 6.07 Å². The number of aryl methyl sites for hydroxylation is 2. The maximum atomic E-state index is 14.8. The van der Waals surface area contributed by atoms with Gasteiger partial charge in [-0.2, -0.15) is 15.5 Å². The molecule has 3 aromatic heterocycles. The van der Waals surface area contributed by atoms with Crippen LogP contribution in [0.5, 0.6) is 0 Å². The Morgan fingerprint density at radius 2 is 1.64 bits per heavy atom. The van der Waals surface area contributed by atoms with Crippen molar-refractivity contribution in [3.8, 4) is 17.2 Å². The van der Waals surface area contributed by atoms with E-state index < -0.39 is 6.43 Å². The Bertz CT molecular complexity index is 2770. The third-order valence-corrected chi connectivity index (χ3v) is 16.8. The molecule has 2 aromatic carbocycles. The summed E-state index contributed by atoms with van der Waals surface area (Å²) in [5.74, 6) is 2.68. The second kappa shape index (κ2) is 19.1. The van der Waals surface area contributed by atoms with Gasteiger partial charge >= 0.3 is 0 Å². The standard InChI is InChI=1S/C53H63ClF2N12O2/c1-34-28-53(33-67(34)40-7-6-37(29-57)46(54)26-40)17-23-64(24-18-53)50-13-12-49(59-60-50)63-20-14-42(15-21-63)70-41-10-8-39(9-11-41)68-47-16-22-65(35(2)69)32-45(47)52(61-68)66-19-4-5-36-25-43(38-30-58-62(3)31-38)44(51(55)56)27-48(36)66/h6-7,12-13,25-27,30-31,34,39,41-42,51H,4-5,8-11,14-24,28,32-33H2,1-3H3/t34-,39?,41?/m0/s1. The minimum atomic E-state index is -2.65. The summed E-state index contributed by atoms with van der Waals surface area (Å²) in [6, 6.07) is 16.4. The number of hydrogen-bond donors (Lipinski definition) is 0. The van der Waals surface area contributed by atoms with Crippen LogP contribution in [0.25, 0.3) is 11.1 Å². The van der Waals surface area contributed by atoms with Crippen LogP contribution in [0.15, 0.2) is 54.9 Å². The summed E-state index contributed by atoms with van der Waals surface area (Å²) in [5, 5.41) is 28.9. The fourth-order valence-electron chi connectivity index (χ4n) is 12.7. The first-order valence-electron chi connectivity index (χ1n) is 25.4. The number of nitriles is 1. The van der Waals surface area contributed by atoms with Crippen molar-refractivity contribution >= 4 is 46.3 Å². The lowest BCUT2D eigenvalue weighted by atomic mass is 9.77. The molecule has 4 fully saturated rings. The summed E-state index contributed by atoms with van der Waals surface area (Å²) < 4.78 is 40.2. The van der Waals surface area contributed by atoms with E-state index in [0.717, 1.165) is 149 Å². The summed E-state index contributed by atoms with van der Waals surface area (Å²) in [7, 11) is 1.80. The molecule has 0 unspecified atom stereocenters. The molecule has 14 nitrogen and oxygen atoms in total. The minimum Gasteiger partial charge on any atom is -0.375 e. The number of anilines is 5. The molecule has 0 bridgehead atoms. The van der Waals surface area contributed by atoms with Crippen molar-refractivity contribution in [1.82, 2.24) is 34.7 Å². The predicted molar refractivity (Wildman–Crippen MR) is 267 cm³/mol. The SMILES string of the molecule is CC(=O)N1CCc2c(c(N3CCCc4cc(-c5cnn(C)c5)c(C(F)F)cc43)nn2C2CCC(OC3CCN(c4ccc(N5CCC6(CC5)C[C@H](C)N(c5ccc(C#N)c(Cl)c5)C6)nn4)CC3)CC2)C1. The molecule has 1 spiro atoms. The first-order chi connectivity index (χ1) is 33.9. The first kappa shape index (κ1) is 46.6. The van der Waals surface area contributed by atoms with E-state index in [4.69, 9.17) is 31.6 Å². The summed E-state index contributed by atoms with van der Waals surface area (Å²) in [6.07, 6.45) is 12.5. The number of amides is 1. The topological polar surface area (TPSA) is 128 Å². The Balaban J connectivity index is 0.693. The lowest BCUT2D eigenvalue weighted by Crippen LogP contribution is -2.42. The van der Waals surface area contributed by atoms with Crippen molar-refractivity contribution < 1.29 is 18.3 Å². The molecule has 11 rings (SSSR count). The van der Waals surface area contributed by atoms with Gasteiger partial charge in [0.25, 0.3) is 6.43 Å². The molecule has 1 aliphatic carbocycles. The summed E-state index contributed by atoms with van der Waals surface area (Å²) in [6.45, 7) is 10.3. The molecule has 17 heteroatoms. The Morgan fingerprint density at radius 3 is 2.30 bits per heavy atom. The predicted octanol–water partition coefficient (Wildman–Crippen LogP) is 9.58. The smallest absolute Gasteiger partial charge is 0.264 e. The molecule has 3 saturated heterocycles. The van der Waals surface area contributed by atoms with Crippen LogP contribution in [-0.4, -0.2) is 105 Å². The van der Waals surface area contributed by atoms with Crippen LogP contribution in [0.1, 0.15) is 118 Å². The van der Waals surface area contributed by atoms with E-state index in [1.165, 1.54) is 0 Å². The van der Waals surface area contributed by atoms with Crippen molar-refractivity contribution in [3.63, 3.8) is 0 Å². The molecular weight excluding hydrogens is 910 g/mol. The average Bonchev–Trinajstić information content (AvgIpc) is 4.08. The highest BCUT2D eigenvalue weighted by molar-refractivity contribution is 6.32. The van der Waals surface area contributed by atoms with Gasteiger partial charge in [0, 0.05) is 112 Å². The van der Waals surface area contributed by atoms with Crippen molar-refractivity contribution in [2.45, 2.75) is 128 Å². The van der Waals surface area contributed by atoms with Crippen LogP contribution in [0.4, 0.5) is 37.6 Å². The molecule has 70 heavy (non-hydrogen) atoms. The van der Waals surface area contributed by atoms with Gasteiger partial charge in [-0.05, 0) is 137 Å². The largest absolute Gasteiger partial charge is 0.375 e. The molecule has 0 radical (unpaired) electrons. The number of carbonyl (C=O) groups excluding carboxylic acids is 1. The number of halogens is 3. The van der Waals surface area contributed by atoms with Gasteiger partial charge in [-0.3, -0.25) is 14.2 Å². The lowest BCUT2D eigenvalue weighted by Gasteiger charge is -2.40. The second-order valence-corrected chi connectivity index (χ2v) is 21.3. The lowest BCUT2D eigenvalue weighted by molar-refractivity contribution is -0.129. The minimum absolute atomic E-state index is 0.00682. The van der Waals surface area contributed by atoms with Gasteiger partial charge in [0.2, 0.25) is 5.91 Å². The highest BCUT2D eigenvalue weighted by Gasteiger charge is 2.45. The molecule has 1 saturated carbocycles. The Morgan fingerprint density at radius 1 is 0.914 bits per heavy atom. The fourth-order valence-corrected chi connectivity index (χ4v) is 12.9. The third-order valence-electron chi connectivity index (χ3n) is 16.5. The van der Waals surface area contributed by atoms with Crippen molar-refractivity contribution in [1.29, 1.82) is 5.26 Å². The Kier molecular flexibility index (Phi) is 12.7. The van der Waals surface area contributed by atoms with E-state index >= 15 is 0 Å². The molecule has 5 aromatic rings. The normalized spacial score (nSPS) is 22.7. The fraction of sp³-hybridized carbons (Fsp3) is 0.547. The van der Waals surface area contributed by atoms with Crippen molar-refractivity contribution in [2.75, 3.05) is 65.4 Å². The van der Waals surface area contributed by atoms with Gasteiger partial charge in [0.15, 0.2) is 17.5 Å². The Hall–Kier alpha value is -5.79. The molecule has 0 N–H and O–H groups in total. The number of hydrogen-bond acceptors (Lipinski definition) is 11. The molecule has 8 heterocycles. The molecule has 1 atom stereocenters. The highest BCUT2D eigenvalue weighted by atomic mass is 35.5.